The molecule has 2 amide bonds. The zero-order chi connectivity index (χ0) is 15.9. The second-order valence-electron chi connectivity index (χ2n) is 5.98. The van der Waals surface area contributed by atoms with Gasteiger partial charge >= 0.3 is 0 Å². The smallest absolute Gasteiger partial charge is 0.227 e. The first-order chi connectivity index (χ1) is 10.6. The van der Waals surface area contributed by atoms with E-state index in [0.717, 1.165) is 12.1 Å². The average molecular weight is 303 g/mol. The van der Waals surface area contributed by atoms with Gasteiger partial charge in [0, 0.05) is 39.1 Å². The predicted octanol–water partition coefficient (Wildman–Crippen LogP) is 0.852. The zero-order valence-corrected chi connectivity index (χ0v) is 13.5. The van der Waals surface area contributed by atoms with Gasteiger partial charge in [-0.15, -0.1) is 0 Å². The summed E-state index contributed by atoms with van der Waals surface area (Å²) < 4.78 is 0. The lowest BCUT2D eigenvalue weighted by atomic mass is 10.1. The van der Waals surface area contributed by atoms with Crippen LogP contribution in [0.15, 0.2) is 30.3 Å². The van der Waals surface area contributed by atoms with Crippen LogP contribution in [0.5, 0.6) is 0 Å². The Morgan fingerprint density at radius 1 is 0.955 bits per heavy atom. The van der Waals surface area contributed by atoms with E-state index in [-0.39, 0.29) is 11.8 Å². The van der Waals surface area contributed by atoms with Crippen molar-refractivity contribution in [1.29, 1.82) is 0 Å². The molecule has 22 heavy (non-hydrogen) atoms. The van der Waals surface area contributed by atoms with Crippen molar-refractivity contribution in [2.45, 2.75) is 12.8 Å². The Morgan fingerprint density at radius 3 is 2.05 bits per heavy atom. The summed E-state index contributed by atoms with van der Waals surface area (Å²) in [6.45, 7) is 3.34. The van der Waals surface area contributed by atoms with Crippen molar-refractivity contribution in [3.63, 3.8) is 0 Å². The van der Waals surface area contributed by atoms with E-state index in [1.54, 1.807) is 0 Å². The molecule has 1 aromatic carbocycles. The van der Waals surface area contributed by atoms with Gasteiger partial charge in [0.05, 0.1) is 6.42 Å². The van der Waals surface area contributed by atoms with Crippen molar-refractivity contribution in [3.05, 3.63) is 35.9 Å². The van der Waals surface area contributed by atoms with E-state index in [9.17, 15) is 9.59 Å². The topological polar surface area (TPSA) is 43.9 Å². The molecule has 0 unspecified atom stereocenters. The van der Waals surface area contributed by atoms with Crippen molar-refractivity contribution >= 4 is 11.8 Å². The van der Waals surface area contributed by atoms with Gasteiger partial charge in [0.25, 0.3) is 0 Å². The molecule has 0 saturated carbocycles. The maximum Gasteiger partial charge on any atom is 0.227 e. The number of piperazine rings is 1. The molecule has 0 radical (unpaired) electrons. The molecule has 5 nitrogen and oxygen atoms in total. The standard InChI is InChI=1S/C17H25N3O2/c1-18(2)9-8-16(21)19-10-12-20(13-11-19)17(22)14-15-6-4-3-5-7-15/h3-7H,8-14H2,1-2H3. The molecule has 0 spiro atoms. The summed E-state index contributed by atoms with van der Waals surface area (Å²) in [6, 6.07) is 9.79. The lowest BCUT2D eigenvalue weighted by molar-refractivity contribution is -0.139. The van der Waals surface area contributed by atoms with Gasteiger partial charge in [0.1, 0.15) is 0 Å². The van der Waals surface area contributed by atoms with Crippen LogP contribution < -0.4 is 0 Å². The van der Waals surface area contributed by atoms with Crippen LogP contribution in [0.2, 0.25) is 0 Å². The van der Waals surface area contributed by atoms with E-state index < -0.39 is 0 Å². The molecular weight excluding hydrogens is 278 g/mol. The first-order valence-electron chi connectivity index (χ1n) is 7.80. The van der Waals surface area contributed by atoms with E-state index in [0.29, 0.717) is 39.0 Å². The summed E-state index contributed by atoms with van der Waals surface area (Å²) >= 11 is 0. The van der Waals surface area contributed by atoms with Gasteiger partial charge in [-0.25, -0.2) is 0 Å². The number of hydrogen-bond acceptors (Lipinski definition) is 3. The fourth-order valence-electron chi connectivity index (χ4n) is 2.56. The lowest BCUT2D eigenvalue weighted by Gasteiger charge is -2.35. The summed E-state index contributed by atoms with van der Waals surface area (Å²) in [6.07, 6.45) is 0.986. The molecule has 0 aromatic heterocycles. The predicted molar refractivity (Wildman–Crippen MR) is 86.5 cm³/mol. The molecule has 5 heteroatoms. The molecule has 0 bridgehead atoms. The minimum absolute atomic E-state index is 0.145. The molecule has 120 valence electrons. The Balaban J connectivity index is 1.77. The Bertz CT molecular complexity index is 494. The van der Waals surface area contributed by atoms with E-state index in [1.165, 1.54) is 0 Å². The Hall–Kier alpha value is -1.88. The number of nitrogens with zero attached hydrogens (tertiary/aromatic N) is 3. The van der Waals surface area contributed by atoms with Gasteiger partial charge in [-0.1, -0.05) is 30.3 Å². The van der Waals surface area contributed by atoms with E-state index in [2.05, 4.69) is 0 Å². The summed E-state index contributed by atoms with van der Waals surface area (Å²) in [5.74, 6) is 0.329. The third kappa shape index (κ3) is 4.84. The van der Waals surface area contributed by atoms with Crippen LogP contribution in [0.25, 0.3) is 0 Å². The molecular formula is C17H25N3O2. The third-order valence-corrected chi connectivity index (χ3v) is 3.96. The number of rotatable bonds is 5. The monoisotopic (exact) mass is 303 g/mol. The van der Waals surface area contributed by atoms with Crippen molar-refractivity contribution in [1.82, 2.24) is 14.7 Å². The number of carbonyl (C=O) groups is 2. The fraction of sp³-hybridized carbons (Fsp3) is 0.529. The molecule has 1 fully saturated rings. The molecule has 1 aliphatic heterocycles. The van der Waals surface area contributed by atoms with E-state index >= 15 is 0 Å². The molecule has 0 atom stereocenters. The lowest BCUT2D eigenvalue weighted by Crippen LogP contribution is -2.51. The highest BCUT2D eigenvalue weighted by Gasteiger charge is 2.23. The molecule has 0 N–H and O–H groups in total. The van der Waals surface area contributed by atoms with Gasteiger partial charge in [-0.2, -0.15) is 0 Å². The van der Waals surface area contributed by atoms with E-state index in [1.807, 2.05) is 59.1 Å². The second kappa shape index (κ2) is 7.94. The van der Waals surface area contributed by atoms with Crippen LogP contribution in [0.1, 0.15) is 12.0 Å². The minimum atomic E-state index is 0.145. The quantitative estimate of drug-likeness (QED) is 0.810. The number of amides is 2. The molecule has 1 aromatic rings. The van der Waals surface area contributed by atoms with Gasteiger partial charge in [-0.05, 0) is 19.7 Å². The van der Waals surface area contributed by atoms with Crippen LogP contribution in [0, 0.1) is 0 Å². The van der Waals surface area contributed by atoms with Crippen molar-refractivity contribution in [2.24, 2.45) is 0 Å². The van der Waals surface area contributed by atoms with Crippen LogP contribution >= 0.6 is 0 Å². The first kappa shape index (κ1) is 16.5. The molecule has 1 saturated heterocycles. The summed E-state index contributed by atoms with van der Waals surface area (Å²) in [4.78, 5) is 30.1. The van der Waals surface area contributed by atoms with Crippen LogP contribution in [0.3, 0.4) is 0 Å². The first-order valence-corrected chi connectivity index (χ1v) is 7.80. The van der Waals surface area contributed by atoms with Crippen molar-refractivity contribution in [2.75, 3.05) is 46.8 Å². The van der Waals surface area contributed by atoms with Crippen LogP contribution in [-0.2, 0) is 16.0 Å². The largest absolute Gasteiger partial charge is 0.339 e. The number of benzene rings is 1. The number of hydrogen-bond donors (Lipinski definition) is 0. The fourth-order valence-corrected chi connectivity index (χ4v) is 2.56. The maximum atomic E-state index is 12.3. The second-order valence-corrected chi connectivity index (χ2v) is 5.98. The maximum absolute atomic E-state index is 12.3. The Morgan fingerprint density at radius 2 is 1.50 bits per heavy atom. The van der Waals surface area contributed by atoms with Crippen molar-refractivity contribution < 1.29 is 9.59 Å². The van der Waals surface area contributed by atoms with Gasteiger partial charge < -0.3 is 14.7 Å². The zero-order valence-electron chi connectivity index (χ0n) is 13.5. The summed E-state index contributed by atoms with van der Waals surface area (Å²) in [7, 11) is 3.93. The highest BCUT2D eigenvalue weighted by Crippen LogP contribution is 2.08. The molecule has 1 heterocycles. The Labute approximate surface area is 132 Å². The highest BCUT2D eigenvalue weighted by molar-refractivity contribution is 5.80. The van der Waals surface area contributed by atoms with Gasteiger partial charge in [0.15, 0.2) is 0 Å². The van der Waals surface area contributed by atoms with E-state index in [4.69, 9.17) is 0 Å². The van der Waals surface area contributed by atoms with Crippen LogP contribution in [0.4, 0.5) is 0 Å². The van der Waals surface area contributed by atoms with Gasteiger partial charge in [0.2, 0.25) is 11.8 Å². The third-order valence-electron chi connectivity index (χ3n) is 3.96. The normalized spacial score (nSPS) is 15.2. The highest BCUT2D eigenvalue weighted by atomic mass is 16.2. The van der Waals surface area contributed by atoms with Crippen LogP contribution in [-0.4, -0.2) is 73.3 Å². The number of carbonyl (C=O) groups excluding carboxylic acids is 2. The van der Waals surface area contributed by atoms with Gasteiger partial charge in [-0.3, -0.25) is 9.59 Å². The Kier molecular flexibility index (Phi) is 5.95. The SMILES string of the molecule is CN(C)CCC(=O)N1CCN(C(=O)Cc2ccccc2)CC1. The molecule has 2 rings (SSSR count). The summed E-state index contributed by atoms with van der Waals surface area (Å²) in [5, 5.41) is 0. The molecule has 1 aliphatic rings. The average Bonchev–Trinajstić information content (AvgIpc) is 2.53. The molecule has 0 aliphatic carbocycles. The minimum Gasteiger partial charge on any atom is -0.339 e. The summed E-state index contributed by atoms with van der Waals surface area (Å²) in [5.41, 5.74) is 1.04. The van der Waals surface area contributed by atoms with Crippen molar-refractivity contribution in [3.8, 4) is 0 Å².